The Bertz CT molecular complexity index is 331. The minimum Gasteiger partial charge on any atom is -0.302 e. The largest absolute Gasteiger partial charge is 2.00 e. The van der Waals surface area contributed by atoms with Gasteiger partial charge in [0.2, 0.25) is 4.58 Å². The molecular formula is C16H32Cl2MnN4+2. The summed E-state index contributed by atoms with van der Waals surface area (Å²) in [4.78, 5) is 7.14. The summed E-state index contributed by atoms with van der Waals surface area (Å²) in [6, 6.07) is 0. The van der Waals surface area contributed by atoms with Gasteiger partial charge in [0.05, 0.1) is 6.67 Å². The van der Waals surface area contributed by atoms with Crippen LogP contribution in [0.2, 0.25) is 0 Å². The monoisotopic (exact) mass is 405 g/mol. The van der Waals surface area contributed by atoms with Crippen molar-refractivity contribution in [3.05, 3.63) is 0 Å². The maximum atomic E-state index is 6.63. The molecule has 0 saturated carbocycles. The molecule has 2 atom stereocenters. The van der Waals surface area contributed by atoms with Crippen molar-refractivity contribution in [3.8, 4) is 0 Å². The molecule has 1 N–H and O–H groups in total. The average molecular weight is 406 g/mol. The Morgan fingerprint density at radius 2 is 1.61 bits per heavy atom. The molecule has 2 heterocycles. The summed E-state index contributed by atoms with van der Waals surface area (Å²) in [5.74, 6) is 0.788. The van der Waals surface area contributed by atoms with Gasteiger partial charge in [0.15, 0.2) is 0 Å². The smallest absolute Gasteiger partial charge is 0.302 e. The maximum Gasteiger partial charge on any atom is 2.00 e. The van der Waals surface area contributed by atoms with Crippen molar-refractivity contribution >= 4 is 23.2 Å². The summed E-state index contributed by atoms with van der Waals surface area (Å²) in [5.41, 5.74) is 0. The third-order valence-electron chi connectivity index (χ3n) is 5.24. The second kappa shape index (κ2) is 10.8. The fraction of sp³-hybridized carbons (Fsp3) is 1.00. The molecule has 2 rings (SSSR count). The minimum absolute atomic E-state index is 0. The molecule has 0 spiro atoms. The first-order valence-corrected chi connectivity index (χ1v) is 9.63. The molecule has 0 aromatic rings. The molecule has 0 aromatic carbocycles. The number of halogens is 2. The first-order chi connectivity index (χ1) is 10.5. The van der Waals surface area contributed by atoms with Crippen LogP contribution in [0.1, 0.15) is 39.5 Å². The summed E-state index contributed by atoms with van der Waals surface area (Å²) in [6.07, 6.45) is 5.13. The van der Waals surface area contributed by atoms with Gasteiger partial charge in [-0.15, -0.1) is 0 Å². The topological polar surface area (TPSA) is 21.8 Å². The SMILES string of the molecule is CCN1CCCC2CCN(CC)CNC(Cl)(Cl)N(CC2)CC1.[Mn+2]. The van der Waals surface area contributed by atoms with Gasteiger partial charge in [0, 0.05) is 19.6 Å². The maximum absolute atomic E-state index is 6.63. The second-order valence-electron chi connectivity index (χ2n) is 6.59. The molecular weight excluding hydrogens is 374 g/mol. The van der Waals surface area contributed by atoms with Gasteiger partial charge in [-0.1, -0.05) is 37.0 Å². The van der Waals surface area contributed by atoms with Crippen molar-refractivity contribution in [3.63, 3.8) is 0 Å². The van der Waals surface area contributed by atoms with E-state index in [-0.39, 0.29) is 17.1 Å². The third kappa shape index (κ3) is 6.99. The molecule has 4 nitrogen and oxygen atoms in total. The van der Waals surface area contributed by atoms with Crippen molar-refractivity contribution in [2.75, 3.05) is 52.5 Å². The number of fused-ring (bicyclic) bond motifs is 3. The van der Waals surface area contributed by atoms with Crippen molar-refractivity contribution in [2.45, 2.75) is 44.1 Å². The van der Waals surface area contributed by atoms with Gasteiger partial charge in [0.1, 0.15) is 0 Å². The van der Waals surface area contributed by atoms with Gasteiger partial charge in [-0.25, -0.2) is 0 Å². The van der Waals surface area contributed by atoms with Crippen molar-refractivity contribution in [2.24, 2.45) is 5.92 Å². The molecule has 2 fully saturated rings. The molecule has 2 unspecified atom stereocenters. The molecule has 0 aliphatic carbocycles. The minimum atomic E-state index is -0.964. The zero-order valence-electron chi connectivity index (χ0n) is 14.5. The number of likely N-dealkylation sites (N-methyl/N-ethyl adjacent to an activating group) is 1. The van der Waals surface area contributed by atoms with Crippen LogP contribution in [-0.4, -0.2) is 71.8 Å². The van der Waals surface area contributed by atoms with Gasteiger partial charge < -0.3 is 4.90 Å². The van der Waals surface area contributed by atoms with E-state index in [1.54, 1.807) is 0 Å². The van der Waals surface area contributed by atoms with Gasteiger partial charge in [-0.05, 0) is 57.8 Å². The van der Waals surface area contributed by atoms with E-state index in [1.165, 1.54) is 32.2 Å². The molecule has 1 radical (unpaired) electrons. The van der Waals surface area contributed by atoms with E-state index in [2.05, 4.69) is 33.9 Å². The van der Waals surface area contributed by atoms with E-state index in [0.29, 0.717) is 0 Å². The Kier molecular flexibility index (Phi) is 10.3. The molecule has 135 valence electrons. The Balaban J connectivity index is 0.00000264. The van der Waals surface area contributed by atoms with Crippen molar-refractivity contribution < 1.29 is 17.1 Å². The van der Waals surface area contributed by atoms with Crippen LogP contribution in [0.15, 0.2) is 0 Å². The molecule has 0 aromatic heterocycles. The van der Waals surface area contributed by atoms with Crippen LogP contribution in [0.3, 0.4) is 0 Å². The van der Waals surface area contributed by atoms with Crippen LogP contribution < -0.4 is 5.32 Å². The standard InChI is InChI=1S/C16H32Cl2N4.Mn/c1-3-20-9-5-6-15-7-10-21(4-2)14-19-16(17,18)22(11-8-15)13-12-20;/h15,19H,3-14H2,1-2H3;/q;+2. The predicted molar refractivity (Wildman–Crippen MR) is 95.3 cm³/mol. The van der Waals surface area contributed by atoms with Crippen LogP contribution in [0, 0.1) is 5.92 Å². The summed E-state index contributed by atoms with van der Waals surface area (Å²) in [5, 5.41) is 3.34. The summed E-state index contributed by atoms with van der Waals surface area (Å²) in [7, 11) is 0. The van der Waals surface area contributed by atoms with Crippen LogP contribution in [0.5, 0.6) is 0 Å². The van der Waals surface area contributed by atoms with Gasteiger partial charge in [0.25, 0.3) is 0 Å². The van der Waals surface area contributed by atoms with Crippen molar-refractivity contribution in [1.29, 1.82) is 0 Å². The fourth-order valence-corrected chi connectivity index (χ4v) is 3.95. The van der Waals surface area contributed by atoms with E-state index in [4.69, 9.17) is 23.2 Å². The van der Waals surface area contributed by atoms with Crippen LogP contribution >= 0.6 is 23.2 Å². The van der Waals surface area contributed by atoms with Gasteiger partial charge in [-0.3, -0.25) is 15.1 Å². The van der Waals surface area contributed by atoms with Crippen molar-refractivity contribution in [1.82, 2.24) is 20.0 Å². The normalized spacial score (nSPS) is 31.3. The number of nitrogens with one attached hydrogen (secondary N) is 1. The Labute approximate surface area is 162 Å². The molecule has 2 aliphatic rings. The zero-order chi connectivity index (χ0) is 16.0. The van der Waals surface area contributed by atoms with E-state index in [0.717, 1.165) is 51.9 Å². The molecule has 2 saturated heterocycles. The Morgan fingerprint density at radius 3 is 2.30 bits per heavy atom. The summed E-state index contributed by atoms with van der Waals surface area (Å²) in [6.45, 7) is 12.6. The number of hydrogen-bond donors (Lipinski definition) is 1. The Hall–Kier alpha value is 0.939. The van der Waals surface area contributed by atoms with Gasteiger partial charge >= 0.3 is 17.1 Å². The van der Waals surface area contributed by atoms with E-state index >= 15 is 0 Å². The van der Waals surface area contributed by atoms with E-state index < -0.39 is 4.58 Å². The van der Waals surface area contributed by atoms with E-state index in [1.807, 2.05) is 0 Å². The molecule has 2 aliphatic heterocycles. The Morgan fingerprint density at radius 1 is 0.913 bits per heavy atom. The van der Waals surface area contributed by atoms with Crippen LogP contribution in [0.25, 0.3) is 0 Å². The fourth-order valence-electron chi connectivity index (χ4n) is 3.49. The predicted octanol–water partition coefficient (Wildman–Crippen LogP) is 2.77. The summed E-state index contributed by atoms with van der Waals surface area (Å²) < 4.78 is -0.964. The third-order valence-corrected chi connectivity index (χ3v) is 5.99. The molecule has 2 bridgehead atoms. The average Bonchev–Trinajstić information content (AvgIpc) is 2.51. The van der Waals surface area contributed by atoms with E-state index in [9.17, 15) is 0 Å². The molecule has 7 heteroatoms. The quantitative estimate of drug-likeness (QED) is 0.433. The molecule has 0 amide bonds. The van der Waals surface area contributed by atoms with Gasteiger partial charge in [-0.2, -0.15) is 0 Å². The summed E-state index contributed by atoms with van der Waals surface area (Å²) >= 11 is 13.3. The van der Waals surface area contributed by atoms with Crippen LogP contribution in [0.4, 0.5) is 0 Å². The number of hydrogen-bond acceptors (Lipinski definition) is 4. The number of alkyl halides is 2. The zero-order valence-corrected chi connectivity index (χ0v) is 17.2. The van der Waals surface area contributed by atoms with Crippen LogP contribution in [-0.2, 0) is 17.1 Å². The second-order valence-corrected chi connectivity index (χ2v) is 7.88. The number of rotatable bonds is 2. The first-order valence-electron chi connectivity index (χ1n) is 8.87. The molecule has 23 heavy (non-hydrogen) atoms. The number of nitrogens with zero attached hydrogens (tertiary/aromatic N) is 3. The first kappa shape index (κ1) is 22.0.